The molecule has 0 heterocycles. The zero-order valence-electron chi connectivity index (χ0n) is 12.7. The van der Waals surface area contributed by atoms with E-state index in [0.29, 0.717) is 5.69 Å². The maximum absolute atomic E-state index is 11.9. The van der Waals surface area contributed by atoms with Gasteiger partial charge in [0.15, 0.2) is 0 Å². The molecule has 1 amide bonds. The summed E-state index contributed by atoms with van der Waals surface area (Å²) >= 11 is 0. The lowest BCUT2D eigenvalue weighted by atomic mass is 10.1. The van der Waals surface area contributed by atoms with Gasteiger partial charge in [0.05, 0.1) is 19.2 Å². The topological polar surface area (TPSA) is 76.7 Å². The fourth-order valence-electron chi connectivity index (χ4n) is 1.90. The fourth-order valence-corrected chi connectivity index (χ4v) is 1.90. The molecular formula is C17H19N3O2. The molecule has 22 heavy (non-hydrogen) atoms. The number of benzene rings is 2. The molecule has 0 aliphatic rings. The van der Waals surface area contributed by atoms with E-state index >= 15 is 0 Å². The molecule has 0 saturated carbocycles. The van der Waals surface area contributed by atoms with Gasteiger partial charge in [-0.2, -0.15) is 5.10 Å². The van der Waals surface area contributed by atoms with E-state index in [0.717, 1.165) is 22.6 Å². The Morgan fingerprint density at radius 1 is 1.14 bits per heavy atom. The molecule has 0 fully saturated rings. The molecule has 5 heteroatoms. The number of amides is 1. The lowest BCUT2D eigenvalue weighted by Crippen LogP contribution is -2.21. The Kier molecular flexibility index (Phi) is 5.14. The van der Waals surface area contributed by atoms with Crippen LogP contribution in [0.3, 0.4) is 0 Å². The average molecular weight is 297 g/mol. The van der Waals surface area contributed by atoms with Gasteiger partial charge in [0, 0.05) is 5.69 Å². The molecule has 114 valence electrons. The molecular weight excluding hydrogens is 278 g/mol. The van der Waals surface area contributed by atoms with Gasteiger partial charge < -0.3 is 10.5 Å². The maximum atomic E-state index is 11.9. The smallest absolute Gasteiger partial charge is 0.244 e. The Hall–Kier alpha value is -2.82. The molecule has 0 radical (unpaired) electrons. The minimum atomic E-state index is -0.167. The van der Waals surface area contributed by atoms with E-state index in [2.05, 4.69) is 10.5 Å². The molecule has 3 N–H and O–H groups in total. The molecule has 0 aliphatic carbocycles. The molecule has 0 bridgehead atoms. The lowest BCUT2D eigenvalue weighted by Gasteiger charge is -2.04. The minimum absolute atomic E-state index is 0.167. The zero-order chi connectivity index (χ0) is 15.9. The summed E-state index contributed by atoms with van der Waals surface area (Å²) in [4.78, 5) is 11.9. The minimum Gasteiger partial charge on any atom is -0.497 e. The standard InChI is InChI=1S/C17H19N3O2/c1-12(14-5-7-15(18)8-6-14)19-20-17(21)11-13-3-9-16(22-2)10-4-13/h3-10H,11,18H2,1-2H3,(H,20,21)/b19-12+. The Labute approximate surface area is 129 Å². The van der Waals surface area contributed by atoms with Crippen molar-refractivity contribution in [2.45, 2.75) is 13.3 Å². The van der Waals surface area contributed by atoms with E-state index in [-0.39, 0.29) is 12.3 Å². The van der Waals surface area contributed by atoms with Crippen molar-refractivity contribution in [3.8, 4) is 5.75 Å². The lowest BCUT2D eigenvalue weighted by molar-refractivity contribution is -0.120. The van der Waals surface area contributed by atoms with Crippen molar-refractivity contribution in [2.24, 2.45) is 5.10 Å². The van der Waals surface area contributed by atoms with Crippen LogP contribution in [0.15, 0.2) is 53.6 Å². The first-order chi connectivity index (χ1) is 10.6. The molecule has 2 aromatic rings. The van der Waals surface area contributed by atoms with Crippen molar-refractivity contribution >= 4 is 17.3 Å². The van der Waals surface area contributed by atoms with Crippen molar-refractivity contribution in [3.63, 3.8) is 0 Å². The molecule has 5 nitrogen and oxygen atoms in total. The van der Waals surface area contributed by atoms with Crippen LogP contribution in [0.1, 0.15) is 18.1 Å². The van der Waals surface area contributed by atoms with Gasteiger partial charge in [0.2, 0.25) is 5.91 Å². The third kappa shape index (κ3) is 4.34. The van der Waals surface area contributed by atoms with Crippen LogP contribution in [0.25, 0.3) is 0 Å². The van der Waals surface area contributed by atoms with Crippen molar-refractivity contribution in [2.75, 3.05) is 12.8 Å². The Morgan fingerprint density at radius 2 is 1.77 bits per heavy atom. The van der Waals surface area contributed by atoms with Crippen molar-refractivity contribution < 1.29 is 9.53 Å². The molecule has 0 aliphatic heterocycles. The second-order valence-corrected chi connectivity index (χ2v) is 4.88. The number of nitrogens with zero attached hydrogens (tertiary/aromatic N) is 1. The number of hydrogen-bond acceptors (Lipinski definition) is 4. The number of anilines is 1. The largest absolute Gasteiger partial charge is 0.497 e. The first kappa shape index (κ1) is 15.6. The van der Waals surface area contributed by atoms with E-state index in [1.165, 1.54) is 0 Å². The summed E-state index contributed by atoms with van der Waals surface area (Å²) in [5, 5.41) is 4.11. The molecule has 0 saturated heterocycles. The quantitative estimate of drug-likeness (QED) is 0.505. The molecule has 0 spiro atoms. The summed E-state index contributed by atoms with van der Waals surface area (Å²) < 4.78 is 5.08. The number of nitrogens with one attached hydrogen (secondary N) is 1. The third-order valence-corrected chi connectivity index (χ3v) is 3.20. The van der Waals surface area contributed by atoms with Crippen LogP contribution in [-0.4, -0.2) is 18.7 Å². The van der Waals surface area contributed by atoms with Crippen LogP contribution in [-0.2, 0) is 11.2 Å². The molecule has 2 rings (SSSR count). The summed E-state index contributed by atoms with van der Waals surface area (Å²) in [6, 6.07) is 14.7. The number of ether oxygens (including phenoxy) is 1. The zero-order valence-corrected chi connectivity index (χ0v) is 12.7. The molecule has 0 aromatic heterocycles. The molecule has 0 unspecified atom stereocenters. The number of nitrogens with two attached hydrogens (primary N) is 1. The summed E-state index contributed by atoms with van der Waals surface area (Å²) in [6.45, 7) is 1.83. The van der Waals surface area contributed by atoms with Crippen molar-refractivity contribution in [1.29, 1.82) is 0 Å². The van der Waals surface area contributed by atoms with Gasteiger partial charge in [0.25, 0.3) is 0 Å². The van der Waals surface area contributed by atoms with Gasteiger partial charge in [-0.25, -0.2) is 5.43 Å². The highest BCUT2D eigenvalue weighted by Crippen LogP contribution is 2.11. The number of methoxy groups -OCH3 is 1. The summed E-state index contributed by atoms with van der Waals surface area (Å²) in [7, 11) is 1.61. The number of carbonyl (C=O) groups excluding carboxylic acids is 1. The number of rotatable bonds is 5. The second-order valence-electron chi connectivity index (χ2n) is 4.88. The van der Waals surface area contributed by atoms with Crippen LogP contribution < -0.4 is 15.9 Å². The predicted octanol–water partition coefficient (Wildman–Crippen LogP) is 2.36. The van der Waals surface area contributed by atoms with Crippen LogP contribution in [0.4, 0.5) is 5.69 Å². The predicted molar refractivity (Wildman–Crippen MR) is 87.9 cm³/mol. The monoisotopic (exact) mass is 297 g/mol. The van der Waals surface area contributed by atoms with Crippen LogP contribution in [0, 0.1) is 0 Å². The van der Waals surface area contributed by atoms with Gasteiger partial charge in [-0.1, -0.05) is 24.3 Å². The highest BCUT2D eigenvalue weighted by atomic mass is 16.5. The Bertz CT molecular complexity index is 661. The van der Waals surface area contributed by atoms with Gasteiger partial charge >= 0.3 is 0 Å². The van der Waals surface area contributed by atoms with E-state index < -0.39 is 0 Å². The first-order valence-corrected chi connectivity index (χ1v) is 6.90. The molecule has 2 aromatic carbocycles. The van der Waals surface area contributed by atoms with Crippen molar-refractivity contribution in [1.82, 2.24) is 5.43 Å². The average Bonchev–Trinajstić information content (AvgIpc) is 2.54. The van der Waals surface area contributed by atoms with Crippen LogP contribution in [0.5, 0.6) is 5.75 Å². The number of hydrazone groups is 1. The number of nitrogen functional groups attached to an aromatic ring is 1. The van der Waals surface area contributed by atoms with Crippen LogP contribution in [0.2, 0.25) is 0 Å². The maximum Gasteiger partial charge on any atom is 0.244 e. The normalized spacial score (nSPS) is 11.1. The number of carbonyl (C=O) groups is 1. The fraction of sp³-hybridized carbons (Fsp3) is 0.176. The first-order valence-electron chi connectivity index (χ1n) is 6.90. The Morgan fingerprint density at radius 3 is 2.36 bits per heavy atom. The number of hydrogen-bond donors (Lipinski definition) is 2. The summed E-state index contributed by atoms with van der Waals surface area (Å²) in [5.41, 5.74) is 11.4. The third-order valence-electron chi connectivity index (χ3n) is 3.20. The summed E-state index contributed by atoms with van der Waals surface area (Å²) in [5.74, 6) is 0.598. The van der Waals surface area contributed by atoms with Gasteiger partial charge in [-0.3, -0.25) is 4.79 Å². The highest BCUT2D eigenvalue weighted by Gasteiger charge is 2.04. The SMILES string of the molecule is COc1ccc(CC(=O)N/N=C(\C)c2ccc(N)cc2)cc1. The van der Waals surface area contributed by atoms with Crippen molar-refractivity contribution in [3.05, 3.63) is 59.7 Å². The van der Waals surface area contributed by atoms with Gasteiger partial charge in [-0.05, 0) is 42.3 Å². The Balaban J connectivity index is 1.93. The second kappa shape index (κ2) is 7.26. The highest BCUT2D eigenvalue weighted by molar-refractivity contribution is 5.99. The van der Waals surface area contributed by atoms with E-state index in [1.54, 1.807) is 19.2 Å². The van der Waals surface area contributed by atoms with Gasteiger partial charge in [0.1, 0.15) is 5.75 Å². The van der Waals surface area contributed by atoms with E-state index in [1.807, 2.05) is 43.3 Å². The molecule has 0 atom stereocenters. The van der Waals surface area contributed by atoms with Crippen LogP contribution >= 0.6 is 0 Å². The summed E-state index contributed by atoms with van der Waals surface area (Å²) in [6.07, 6.45) is 0.266. The van der Waals surface area contributed by atoms with E-state index in [4.69, 9.17) is 10.5 Å². The van der Waals surface area contributed by atoms with E-state index in [9.17, 15) is 4.79 Å². The van der Waals surface area contributed by atoms with Gasteiger partial charge in [-0.15, -0.1) is 0 Å².